The monoisotopic (exact) mass is 562 g/mol. The highest BCUT2D eigenvalue weighted by Gasteiger charge is 2.50. The summed E-state index contributed by atoms with van der Waals surface area (Å²) in [5, 5.41) is 2.50. The SMILES string of the molecule is COCCOCCOCC1CCC(c2nccc(CO[Si](c3ccccc3)(c3ccccc3)C(C)(C)C)n2)CC1. The van der Waals surface area contributed by atoms with E-state index in [1.54, 1.807) is 7.11 Å². The number of rotatable bonds is 14. The summed E-state index contributed by atoms with van der Waals surface area (Å²) in [6.45, 7) is 10.7. The van der Waals surface area contributed by atoms with Crippen molar-refractivity contribution in [2.45, 2.75) is 64.0 Å². The van der Waals surface area contributed by atoms with E-state index in [9.17, 15) is 0 Å². The summed E-state index contributed by atoms with van der Waals surface area (Å²) in [5.74, 6) is 1.94. The van der Waals surface area contributed by atoms with Crippen LogP contribution in [0.2, 0.25) is 5.04 Å². The molecular formula is C33H46N2O4Si. The fourth-order valence-corrected chi connectivity index (χ4v) is 10.4. The maximum Gasteiger partial charge on any atom is 0.261 e. The molecule has 3 aromatic rings. The second-order valence-corrected chi connectivity index (χ2v) is 16.1. The van der Waals surface area contributed by atoms with Crippen LogP contribution in [0.15, 0.2) is 72.9 Å². The predicted octanol–water partition coefficient (Wildman–Crippen LogP) is 5.51. The van der Waals surface area contributed by atoms with E-state index in [0.717, 1.165) is 43.8 Å². The molecule has 1 saturated carbocycles. The van der Waals surface area contributed by atoms with Crippen molar-refractivity contribution in [1.82, 2.24) is 9.97 Å². The highest BCUT2D eigenvalue weighted by Crippen LogP contribution is 2.38. The highest BCUT2D eigenvalue weighted by atomic mass is 28.4. The van der Waals surface area contributed by atoms with Gasteiger partial charge in [-0.3, -0.25) is 0 Å². The molecule has 0 aliphatic heterocycles. The Hall–Kier alpha value is -2.42. The zero-order valence-corrected chi connectivity index (χ0v) is 25.7. The van der Waals surface area contributed by atoms with E-state index in [2.05, 4.69) is 81.4 Å². The van der Waals surface area contributed by atoms with Crippen LogP contribution in [0.5, 0.6) is 0 Å². The number of ether oxygens (including phenoxy) is 3. The molecule has 1 aliphatic rings. The molecule has 0 N–H and O–H groups in total. The minimum Gasteiger partial charge on any atom is -0.401 e. The zero-order valence-electron chi connectivity index (χ0n) is 24.7. The van der Waals surface area contributed by atoms with Gasteiger partial charge in [0.15, 0.2) is 0 Å². The Labute approximate surface area is 241 Å². The minimum atomic E-state index is -2.61. The molecule has 216 valence electrons. The Morgan fingerprint density at radius 2 is 1.38 bits per heavy atom. The minimum absolute atomic E-state index is 0.0674. The first-order valence-corrected chi connectivity index (χ1v) is 16.6. The van der Waals surface area contributed by atoms with E-state index in [0.29, 0.717) is 44.9 Å². The average Bonchev–Trinajstić information content (AvgIpc) is 2.98. The van der Waals surface area contributed by atoms with Gasteiger partial charge in [-0.2, -0.15) is 0 Å². The summed E-state index contributed by atoms with van der Waals surface area (Å²) in [6, 6.07) is 23.6. The first-order chi connectivity index (χ1) is 19.4. The summed E-state index contributed by atoms with van der Waals surface area (Å²) < 4.78 is 23.5. The van der Waals surface area contributed by atoms with Crippen LogP contribution in [0, 0.1) is 5.92 Å². The lowest BCUT2D eigenvalue weighted by atomic mass is 9.82. The lowest BCUT2D eigenvalue weighted by Gasteiger charge is -2.43. The van der Waals surface area contributed by atoms with Gasteiger partial charge in [-0.1, -0.05) is 81.4 Å². The lowest BCUT2D eigenvalue weighted by molar-refractivity contribution is 0.0112. The van der Waals surface area contributed by atoms with Gasteiger partial charge in [0.1, 0.15) is 5.82 Å². The van der Waals surface area contributed by atoms with Gasteiger partial charge < -0.3 is 18.6 Å². The van der Waals surface area contributed by atoms with Crippen LogP contribution in [-0.2, 0) is 25.2 Å². The van der Waals surface area contributed by atoms with Crippen LogP contribution in [0.4, 0.5) is 0 Å². The second-order valence-electron chi connectivity index (χ2n) is 11.8. The fraction of sp³-hybridized carbons (Fsp3) is 0.515. The molecule has 0 bridgehead atoms. The third-order valence-corrected chi connectivity index (χ3v) is 12.9. The molecule has 0 amide bonds. The van der Waals surface area contributed by atoms with Crippen molar-refractivity contribution in [2.75, 3.05) is 40.1 Å². The smallest absolute Gasteiger partial charge is 0.261 e. The molecule has 40 heavy (non-hydrogen) atoms. The van der Waals surface area contributed by atoms with Crippen molar-refractivity contribution in [3.05, 3.63) is 84.4 Å². The van der Waals surface area contributed by atoms with Gasteiger partial charge in [-0.25, -0.2) is 9.97 Å². The maximum absolute atomic E-state index is 7.11. The van der Waals surface area contributed by atoms with Crippen LogP contribution >= 0.6 is 0 Å². The number of methoxy groups -OCH3 is 1. The first kappa shape index (κ1) is 30.5. The predicted molar refractivity (Wildman–Crippen MR) is 163 cm³/mol. The maximum atomic E-state index is 7.11. The topological polar surface area (TPSA) is 62.7 Å². The molecule has 6 nitrogen and oxygen atoms in total. The Bertz CT molecular complexity index is 1090. The number of benzene rings is 2. The Balaban J connectivity index is 1.39. The molecule has 1 aromatic heterocycles. The summed E-state index contributed by atoms with van der Waals surface area (Å²) in [7, 11) is -0.931. The molecule has 1 aliphatic carbocycles. The molecule has 1 fully saturated rings. The lowest BCUT2D eigenvalue weighted by Crippen LogP contribution is -2.66. The molecule has 1 heterocycles. The van der Waals surface area contributed by atoms with Crippen molar-refractivity contribution in [2.24, 2.45) is 5.92 Å². The van der Waals surface area contributed by atoms with Crippen LogP contribution in [0.3, 0.4) is 0 Å². The van der Waals surface area contributed by atoms with Crippen LogP contribution < -0.4 is 10.4 Å². The Morgan fingerprint density at radius 3 is 1.98 bits per heavy atom. The van der Waals surface area contributed by atoms with Crippen LogP contribution in [0.1, 0.15) is 63.9 Å². The standard InChI is InChI=1S/C33H46N2O4Si/c1-33(2,3)40(30-11-7-5-8-12-30,31-13-9-6-10-14-31)39-26-29-19-20-34-32(35-29)28-17-15-27(16-18-28)25-38-24-23-37-22-21-36-4/h5-14,19-20,27-28H,15-18,21-26H2,1-4H3. The van der Waals surface area contributed by atoms with E-state index in [4.69, 9.17) is 28.6 Å². The average molecular weight is 563 g/mol. The van der Waals surface area contributed by atoms with Gasteiger partial charge in [0.25, 0.3) is 8.32 Å². The van der Waals surface area contributed by atoms with E-state index in [1.165, 1.54) is 10.4 Å². The summed E-state index contributed by atoms with van der Waals surface area (Å²) in [4.78, 5) is 9.73. The molecule has 0 unspecified atom stereocenters. The molecule has 7 heteroatoms. The van der Waals surface area contributed by atoms with Crippen molar-refractivity contribution in [3.63, 3.8) is 0 Å². The van der Waals surface area contributed by atoms with Crippen molar-refractivity contribution >= 4 is 18.7 Å². The normalized spacial score (nSPS) is 18.1. The largest absolute Gasteiger partial charge is 0.401 e. The summed E-state index contributed by atoms with van der Waals surface area (Å²) in [5.41, 5.74) is 0.955. The zero-order chi connectivity index (χ0) is 28.3. The molecule has 4 rings (SSSR count). The molecule has 0 atom stereocenters. The van der Waals surface area contributed by atoms with E-state index < -0.39 is 8.32 Å². The third kappa shape index (κ3) is 7.86. The van der Waals surface area contributed by atoms with Crippen molar-refractivity contribution < 1.29 is 18.6 Å². The van der Waals surface area contributed by atoms with Crippen molar-refractivity contribution in [1.29, 1.82) is 0 Å². The fourth-order valence-electron chi connectivity index (χ4n) is 5.83. The van der Waals surface area contributed by atoms with Gasteiger partial charge in [0.2, 0.25) is 0 Å². The molecular weight excluding hydrogens is 516 g/mol. The van der Waals surface area contributed by atoms with Crippen LogP contribution in [0.25, 0.3) is 0 Å². The number of hydrogen-bond acceptors (Lipinski definition) is 6. The molecule has 0 saturated heterocycles. The van der Waals surface area contributed by atoms with Gasteiger partial charge in [0.05, 0.1) is 38.7 Å². The van der Waals surface area contributed by atoms with E-state index >= 15 is 0 Å². The van der Waals surface area contributed by atoms with Gasteiger partial charge in [0, 0.05) is 25.8 Å². The quantitative estimate of drug-likeness (QED) is 0.191. The Kier molecular flexibility index (Phi) is 11.4. The number of hydrogen-bond donors (Lipinski definition) is 0. The first-order valence-electron chi connectivity index (χ1n) is 14.7. The van der Waals surface area contributed by atoms with Gasteiger partial charge in [-0.15, -0.1) is 0 Å². The summed E-state index contributed by atoms with van der Waals surface area (Å²) >= 11 is 0. The van der Waals surface area contributed by atoms with Gasteiger partial charge in [-0.05, 0) is 53.1 Å². The van der Waals surface area contributed by atoms with Crippen molar-refractivity contribution in [3.8, 4) is 0 Å². The third-order valence-electron chi connectivity index (χ3n) is 7.95. The van der Waals surface area contributed by atoms with Crippen LogP contribution in [-0.4, -0.2) is 58.4 Å². The van der Waals surface area contributed by atoms with E-state index in [1.807, 2.05) is 12.3 Å². The number of aromatic nitrogens is 2. The summed E-state index contributed by atoms with van der Waals surface area (Å²) in [6.07, 6.45) is 6.38. The molecule has 2 aromatic carbocycles. The highest BCUT2D eigenvalue weighted by molar-refractivity contribution is 6.99. The second kappa shape index (κ2) is 15.0. The number of nitrogens with zero attached hydrogens (tertiary/aromatic N) is 2. The van der Waals surface area contributed by atoms with Gasteiger partial charge >= 0.3 is 0 Å². The Morgan fingerprint density at radius 1 is 0.775 bits per heavy atom. The molecule has 0 spiro atoms. The molecule has 0 radical (unpaired) electrons. The van der Waals surface area contributed by atoms with E-state index in [-0.39, 0.29) is 5.04 Å².